The van der Waals surface area contributed by atoms with Gasteiger partial charge in [-0.15, -0.1) is 0 Å². The van der Waals surface area contributed by atoms with Gasteiger partial charge in [0, 0.05) is 49.7 Å². The maximum Gasteiger partial charge on any atom is 0.164 e. The molecule has 2 aliphatic rings. The molecule has 0 radical (unpaired) electrons. The first-order valence-corrected chi connectivity index (χ1v) is 22.8. The molecule has 316 valence electrons. The van der Waals surface area contributed by atoms with Gasteiger partial charge in [-0.3, -0.25) is 0 Å². The van der Waals surface area contributed by atoms with Gasteiger partial charge in [-0.2, -0.15) is 0 Å². The van der Waals surface area contributed by atoms with E-state index in [2.05, 4.69) is 121 Å². The van der Waals surface area contributed by atoms with Gasteiger partial charge in [-0.1, -0.05) is 200 Å². The number of nitrogens with zero attached hydrogens (tertiary/aromatic N) is 6. The average Bonchev–Trinajstić information content (AvgIpc) is 4.05. The third kappa shape index (κ3) is 5.66. The van der Waals surface area contributed by atoms with Crippen LogP contribution in [0.2, 0.25) is 0 Å². The number of aromatic nitrogens is 6. The summed E-state index contributed by atoms with van der Waals surface area (Å²) in [5.41, 5.74) is 15.9. The van der Waals surface area contributed by atoms with E-state index in [1.54, 1.807) is 0 Å². The van der Waals surface area contributed by atoms with Gasteiger partial charge in [0.1, 0.15) is 11.2 Å². The van der Waals surface area contributed by atoms with Crippen molar-refractivity contribution in [2.24, 2.45) is 0 Å². The Morgan fingerprint density at radius 3 is 1.22 bits per heavy atom. The summed E-state index contributed by atoms with van der Waals surface area (Å²) in [6.45, 7) is 0. The van der Waals surface area contributed by atoms with Crippen molar-refractivity contribution in [2.45, 2.75) is 5.41 Å². The Balaban J connectivity index is 0.974. The predicted octanol–water partition coefficient (Wildman–Crippen LogP) is 14.3. The summed E-state index contributed by atoms with van der Waals surface area (Å²) < 4.78 is 7.03. The van der Waals surface area contributed by atoms with Crippen molar-refractivity contribution in [1.29, 1.82) is 0 Å². The first-order valence-electron chi connectivity index (χ1n) is 22.8. The molecule has 1 atom stereocenters. The van der Waals surface area contributed by atoms with Crippen LogP contribution in [-0.2, 0) is 5.41 Å². The van der Waals surface area contributed by atoms with Crippen molar-refractivity contribution in [3.8, 4) is 90.6 Å². The van der Waals surface area contributed by atoms with Crippen molar-refractivity contribution in [1.82, 2.24) is 29.9 Å². The smallest absolute Gasteiger partial charge is 0.164 e. The first-order chi connectivity index (χ1) is 33.7. The van der Waals surface area contributed by atoms with Crippen LogP contribution >= 0.6 is 0 Å². The van der Waals surface area contributed by atoms with E-state index < -0.39 is 5.41 Å². The molecule has 1 unspecified atom stereocenters. The molecule has 12 aromatic rings. The average molecular weight is 869 g/mol. The SMILES string of the molecule is c1ccc(-c2nc(-c3ccccc3)nc(-c3ccc4oc5c6c(ccc5c4c3)C3(c4ccccc4-c4c(-c5nc(-c7ccccc7)nc(-c7ccccc7)n5)cccc43)c3ccccc3-6)n2)cc1. The van der Waals surface area contributed by atoms with E-state index in [4.69, 9.17) is 34.3 Å². The Kier molecular flexibility index (Phi) is 8.36. The van der Waals surface area contributed by atoms with Crippen molar-refractivity contribution in [3.05, 3.63) is 241 Å². The van der Waals surface area contributed by atoms with Gasteiger partial charge in [0.25, 0.3) is 0 Å². The standard InChI is InChI=1S/C61H36N6O/c1-5-18-37(19-6-1)55-62-56(38-20-7-2-8-21-38)65-59(64-55)41-32-35-51-46(36-41)42-33-34-50-53(54(42)68-51)44-27-14-16-30-48(44)61(50)47-29-15-13-26-43(47)52-45(28-17-31-49(52)61)60-66-57(39-22-9-3-10-23-39)63-58(67-60)40-24-11-4-12-25-40/h1-36H. The molecule has 1 spiro atoms. The lowest BCUT2D eigenvalue weighted by atomic mass is 9.70. The number of rotatable bonds is 6. The summed E-state index contributed by atoms with van der Waals surface area (Å²) in [5, 5.41) is 2.02. The van der Waals surface area contributed by atoms with E-state index in [-0.39, 0.29) is 0 Å². The fraction of sp³-hybridized carbons (Fsp3) is 0.0164. The molecule has 0 amide bonds. The number of hydrogen-bond acceptors (Lipinski definition) is 7. The third-order valence-electron chi connectivity index (χ3n) is 13.6. The van der Waals surface area contributed by atoms with Gasteiger partial charge >= 0.3 is 0 Å². The molecular weight excluding hydrogens is 833 g/mol. The molecule has 68 heavy (non-hydrogen) atoms. The van der Waals surface area contributed by atoms with Gasteiger partial charge in [-0.05, 0) is 57.1 Å². The fourth-order valence-corrected chi connectivity index (χ4v) is 10.7. The highest BCUT2D eigenvalue weighted by molar-refractivity contribution is 6.14. The molecule has 3 aromatic heterocycles. The Labute approximate surface area is 391 Å². The van der Waals surface area contributed by atoms with Crippen LogP contribution < -0.4 is 0 Å². The lowest BCUT2D eigenvalue weighted by Crippen LogP contribution is -2.25. The largest absolute Gasteiger partial charge is 0.455 e. The van der Waals surface area contributed by atoms with Gasteiger partial charge in [0.15, 0.2) is 34.9 Å². The molecule has 2 aliphatic carbocycles. The second kappa shape index (κ2) is 14.9. The van der Waals surface area contributed by atoms with Gasteiger partial charge in [0.05, 0.1) is 5.41 Å². The Bertz CT molecular complexity index is 3850. The van der Waals surface area contributed by atoms with E-state index in [1.165, 1.54) is 22.3 Å². The van der Waals surface area contributed by atoms with E-state index in [0.717, 1.165) is 77.6 Å². The summed E-state index contributed by atoms with van der Waals surface area (Å²) in [4.78, 5) is 30.5. The Hall–Kier alpha value is -9.20. The molecule has 0 saturated carbocycles. The second-order valence-electron chi connectivity index (χ2n) is 17.3. The zero-order valence-electron chi connectivity index (χ0n) is 36.4. The highest BCUT2D eigenvalue weighted by Crippen LogP contribution is 2.65. The van der Waals surface area contributed by atoms with E-state index in [0.29, 0.717) is 34.9 Å². The molecule has 0 aliphatic heterocycles. The number of furan rings is 1. The van der Waals surface area contributed by atoms with Crippen molar-refractivity contribution >= 4 is 21.9 Å². The van der Waals surface area contributed by atoms with Crippen LogP contribution in [0.4, 0.5) is 0 Å². The minimum atomic E-state index is -0.643. The highest BCUT2D eigenvalue weighted by atomic mass is 16.3. The normalized spacial score (nSPS) is 14.2. The van der Waals surface area contributed by atoms with Crippen LogP contribution in [0, 0.1) is 0 Å². The van der Waals surface area contributed by atoms with Crippen LogP contribution in [0.25, 0.3) is 113 Å². The molecule has 0 fully saturated rings. The van der Waals surface area contributed by atoms with Crippen LogP contribution in [0.5, 0.6) is 0 Å². The summed E-state index contributed by atoms with van der Waals surface area (Å²) in [7, 11) is 0. The molecule has 14 rings (SSSR count). The lowest BCUT2D eigenvalue weighted by molar-refractivity contribution is 0.669. The van der Waals surface area contributed by atoms with Crippen LogP contribution in [0.15, 0.2) is 223 Å². The summed E-state index contributed by atoms with van der Waals surface area (Å²) in [6, 6.07) is 75.6. The van der Waals surface area contributed by atoms with E-state index in [9.17, 15) is 0 Å². The van der Waals surface area contributed by atoms with Crippen molar-refractivity contribution < 1.29 is 4.42 Å². The minimum Gasteiger partial charge on any atom is -0.455 e. The Morgan fingerprint density at radius 1 is 0.279 bits per heavy atom. The van der Waals surface area contributed by atoms with E-state index >= 15 is 0 Å². The quantitative estimate of drug-likeness (QED) is 0.164. The summed E-state index contributed by atoms with van der Waals surface area (Å²) >= 11 is 0. The number of fused-ring (bicyclic) bond motifs is 14. The molecule has 0 bridgehead atoms. The predicted molar refractivity (Wildman–Crippen MR) is 269 cm³/mol. The number of hydrogen-bond donors (Lipinski definition) is 0. The van der Waals surface area contributed by atoms with E-state index in [1.807, 2.05) is 97.1 Å². The maximum atomic E-state index is 7.03. The summed E-state index contributed by atoms with van der Waals surface area (Å²) in [6.07, 6.45) is 0. The molecule has 7 heteroatoms. The van der Waals surface area contributed by atoms with Gasteiger partial charge in [-0.25, -0.2) is 29.9 Å². The fourth-order valence-electron chi connectivity index (χ4n) is 10.7. The van der Waals surface area contributed by atoms with Crippen LogP contribution in [0.3, 0.4) is 0 Å². The highest BCUT2D eigenvalue weighted by Gasteiger charge is 2.53. The minimum absolute atomic E-state index is 0.597. The maximum absolute atomic E-state index is 7.03. The number of benzene rings is 9. The van der Waals surface area contributed by atoms with Gasteiger partial charge in [0.2, 0.25) is 0 Å². The molecule has 9 aromatic carbocycles. The second-order valence-corrected chi connectivity index (χ2v) is 17.3. The van der Waals surface area contributed by atoms with Crippen molar-refractivity contribution in [2.75, 3.05) is 0 Å². The van der Waals surface area contributed by atoms with Crippen molar-refractivity contribution in [3.63, 3.8) is 0 Å². The lowest BCUT2D eigenvalue weighted by Gasteiger charge is -2.30. The third-order valence-corrected chi connectivity index (χ3v) is 13.6. The monoisotopic (exact) mass is 868 g/mol. The Morgan fingerprint density at radius 2 is 0.691 bits per heavy atom. The van der Waals surface area contributed by atoms with Gasteiger partial charge < -0.3 is 4.42 Å². The zero-order chi connectivity index (χ0) is 44.8. The molecule has 3 heterocycles. The topological polar surface area (TPSA) is 90.5 Å². The van der Waals surface area contributed by atoms with Crippen LogP contribution in [-0.4, -0.2) is 29.9 Å². The van der Waals surface area contributed by atoms with Crippen LogP contribution in [0.1, 0.15) is 22.3 Å². The molecule has 7 nitrogen and oxygen atoms in total. The molecular formula is C61H36N6O. The first kappa shape index (κ1) is 38.1. The molecule has 0 N–H and O–H groups in total. The summed E-state index contributed by atoms with van der Waals surface area (Å²) in [5.74, 6) is 3.72. The zero-order valence-corrected chi connectivity index (χ0v) is 36.4. The molecule has 0 saturated heterocycles.